The molecule has 2 rings (SSSR count). The van der Waals surface area contributed by atoms with Crippen LogP contribution in [0.3, 0.4) is 0 Å². The lowest BCUT2D eigenvalue weighted by molar-refractivity contribution is 0.281. The molecule has 1 aromatic carbocycles. The molecule has 0 bridgehead atoms. The maximum Gasteiger partial charge on any atom is 0.241 e. The van der Waals surface area contributed by atoms with Crippen molar-refractivity contribution in [2.24, 2.45) is 0 Å². The highest BCUT2D eigenvalue weighted by Gasteiger charge is 2.22. The van der Waals surface area contributed by atoms with Crippen LogP contribution in [0.2, 0.25) is 0 Å². The van der Waals surface area contributed by atoms with Crippen molar-refractivity contribution in [1.29, 1.82) is 0 Å². The lowest BCUT2D eigenvalue weighted by Crippen LogP contribution is -2.32. The van der Waals surface area contributed by atoms with E-state index in [-0.39, 0.29) is 11.5 Å². The maximum atomic E-state index is 12.5. The summed E-state index contributed by atoms with van der Waals surface area (Å²) in [4.78, 5) is 0.201. The molecular weight excluding hydrogens is 374 g/mol. The Morgan fingerprint density at radius 2 is 2.19 bits per heavy atom. The van der Waals surface area contributed by atoms with Crippen LogP contribution in [0.15, 0.2) is 21.5 Å². The van der Waals surface area contributed by atoms with Gasteiger partial charge in [0.1, 0.15) is 0 Å². The van der Waals surface area contributed by atoms with Crippen LogP contribution in [-0.4, -0.2) is 31.1 Å². The number of aliphatic hydroxyl groups is 1. The second-order valence-corrected chi connectivity index (χ2v) is 9.16. The van der Waals surface area contributed by atoms with E-state index in [4.69, 9.17) is 0 Å². The molecule has 1 aromatic rings. The van der Waals surface area contributed by atoms with Crippen molar-refractivity contribution < 1.29 is 13.5 Å². The normalized spacial score (nSPS) is 19.7. The quantitative estimate of drug-likeness (QED) is 0.806. The number of hydrogen-bond donors (Lipinski definition) is 2. The smallest absolute Gasteiger partial charge is 0.241 e. The first-order chi connectivity index (χ1) is 9.94. The molecule has 1 saturated heterocycles. The summed E-state index contributed by atoms with van der Waals surface area (Å²) in [6.07, 6.45) is 3.45. The molecule has 1 fully saturated rings. The van der Waals surface area contributed by atoms with Crippen molar-refractivity contribution >= 4 is 37.7 Å². The van der Waals surface area contributed by atoms with Gasteiger partial charge in [0, 0.05) is 16.3 Å². The Morgan fingerprint density at radius 3 is 2.81 bits per heavy atom. The van der Waals surface area contributed by atoms with Gasteiger partial charge < -0.3 is 5.11 Å². The Hall–Kier alpha value is -0.0800. The van der Waals surface area contributed by atoms with E-state index in [1.807, 2.05) is 18.7 Å². The first-order valence-corrected chi connectivity index (χ1v) is 10.3. The number of aryl methyl sites for hydroxylation is 1. The van der Waals surface area contributed by atoms with Crippen molar-refractivity contribution in [3.63, 3.8) is 0 Å². The van der Waals surface area contributed by atoms with Crippen LogP contribution in [0.4, 0.5) is 0 Å². The third kappa shape index (κ3) is 4.45. The summed E-state index contributed by atoms with van der Waals surface area (Å²) in [5.74, 6) is 1.11. The van der Waals surface area contributed by atoms with Gasteiger partial charge >= 0.3 is 0 Å². The van der Waals surface area contributed by atoms with Crippen LogP contribution in [0.1, 0.15) is 30.4 Å². The van der Waals surface area contributed by atoms with Gasteiger partial charge in [-0.25, -0.2) is 13.1 Å². The first-order valence-electron chi connectivity index (χ1n) is 6.95. The SMILES string of the molecule is Cc1cc(CO)cc(S(=O)(=O)NCC2CCCCS2)c1Br. The molecule has 1 unspecified atom stereocenters. The molecule has 7 heteroatoms. The lowest BCUT2D eigenvalue weighted by Gasteiger charge is -2.21. The van der Waals surface area contributed by atoms with E-state index < -0.39 is 10.0 Å². The lowest BCUT2D eigenvalue weighted by atomic mass is 10.1. The molecule has 1 aliphatic heterocycles. The van der Waals surface area contributed by atoms with E-state index in [9.17, 15) is 13.5 Å². The number of aliphatic hydroxyl groups excluding tert-OH is 1. The zero-order valence-corrected chi connectivity index (χ0v) is 15.2. The van der Waals surface area contributed by atoms with Crippen molar-refractivity contribution in [2.45, 2.75) is 42.9 Å². The molecule has 118 valence electrons. The molecular formula is C14H20BrNO3S2. The van der Waals surface area contributed by atoms with E-state index >= 15 is 0 Å². The summed E-state index contributed by atoms with van der Waals surface area (Å²) < 4.78 is 28.2. The van der Waals surface area contributed by atoms with Crippen LogP contribution >= 0.6 is 27.7 Å². The monoisotopic (exact) mass is 393 g/mol. The molecule has 0 amide bonds. The van der Waals surface area contributed by atoms with Gasteiger partial charge in [-0.2, -0.15) is 11.8 Å². The Bertz CT molecular complexity index is 598. The predicted molar refractivity (Wildman–Crippen MR) is 90.1 cm³/mol. The highest BCUT2D eigenvalue weighted by atomic mass is 79.9. The van der Waals surface area contributed by atoms with Crippen molar-refractivity contribution in [1.82, 2.24) is 4.72 Å². The van der Waals surface area contributed by atoms with Gasteiger partial charge in [0.15, 0.2) is 0 Å². The molecule has 0 aromatic heterocycles. The molecule has 1 atom stereocenters. The average Bonchev–Trinajstić information content (AvgIpc) is 2.48. The van der Waals surface area contributed by atoms with Crippen LogP contribution in [0.5, 0.6) is 0 Å². The fourth-order valence-corrected chi connectivity index (χ4v) is 5.84. The maximum absolute atomic E-state index is 12.5. The van der Waals surface area contributed by atoms with Crippen LogP contribution in [0, 0.1) is 6.92 Å². The largest absolute Gasteiger partial charge is 0.392 e. The van der Waals surface area contributed by atoms with Gasteiger partial charge in [0.2, 0.25) is 10.0 Å². The molecule has 0 spiro atoms. The van der Waals surface area contributed by atoms with Crippen LogP contribution in [0.25, 0.3) is 0 Å². The van der Waals surface area contributed by atoms with Crippen molar-refractivity contribution in [3.8, 4) is 0 Å². The summed E-state index contributed by atoms with van der Waals surface area (Å²) in [6.45, 7) is 2.11. The minimum atomic E-state index is -3.57. The molecule has 21 heavy (non-hydrogen) atoms. The molecule has 4 nitrogen and oxygen atoms in total. The summed E-state index contributed by atoms with van der Waals surface area (Å²) in [5.41, 5.74) is 1.40. The highest BCUT2D eigenvalue weighted by molar-refractivity contribution is 9.10. The summed E-state index contributed by atoms with van der Waals surface area (Å²) in [7, 11) is -3.57. The van der Waals surface area contributed by atoms with E-state index in [0.29, 0.717) is 21.8 Å². The molecule has 0 aliphatic carbocycles. The number of benzene rings is 1. The van der Waals surface area contributed by atoms with Crippen molar-refractivity contribution in [2.75, 3.05) is 12.3 Å². The minimum Gasteiger partial charge on any atom is -0.392 e. The number of thioether (sulfide) groups is 1. The van der Waals surface area contributed by atoms with E-state index in [2.05, 4.69) is 20.7 Å². The summed E-state index contributed by atoms with van der Waals surface area (Å²) in [5, 5.41) is 9.60. The second-order valence-electron chi connectivity index (χ2n) is 5.22. The van der Waals surface area contributed by atoms with Crippen molar-refractivity contribution in [3.05, 3.63) is 27.7 Å². The van der Waals surface area contributed by atoms with Gasteiger partial charge in [-0.15, -0.1) is 0 Å². The van der Waals surface area contributed by atoms with Gasteiger partial charge in [0.25, 0.3) is 0 Å². The standard InChI is InChI=1S/C14H20BrNO3S2/c1-10-6-11(9-17)7-13(14(10)15)21(18,19)16-8-12-4-2-3-5-20-12/h6-7,12,16-17H,2-5,8-9H2,1H3. The fourth-order valence-electron chi connectivity index (χ4n) is 2.34. The third-order valence-corrected chi connectivity index (χ3v) is 7.69. The zero-order valence-electron chi connectivity index (χ0n) is 11.9. The highest BCUT2D eigenvalue weighted by Crippen LogP contribution is 2.28. The Balaban J connectivity index is 2.16. The molecule has 2 N–H and O–H groups in total. The van der Waals surface area contributed by atoms with E-state index in [1.165, 1.54) is 18.9 Å². The Labute approximate surface area is 138 Å². The predicted octanol–water partition coefficient (Wildman–Crippen LogP) is 2.81. The number of nitrogens with one attached hydrogen (secondary N) is 1. The zero-order chi connectivity index (χ0) is 15.5. The Morgan fingerprint density at radius 1 is 1.43 bits per heavy atom. The molecule has 0 radical (unpaired) electrons. The topological polar surface area (TPSA) is 66.4 Å². The third-order valence-electron chi connectivity index (χ3n) is 3.53. The van der Waals surface area contributed by atoms with Gasteiger partial charge in [-0.3, -0.25) is 0 Å². The fraction of sp³-hybridized carbons (Fsp3) is 0.571. The molecule has 1 aliphatic rings. The number of hydrogen-bond acceptors (Lipinski definition) is 4. The van der Waals surface area contributed by atoms with E-state index in [1.54, 1.807) is 6.07 Å². The van der Waals surface area contributed by atoms with Gasteiger partial charge in [0.05, 0.1) is 11.5 Å². The summed E-state index contributed by atoms with van der Waals surface area (Å²) in [6, 6.07) is 3.30. The van der Waals surface area contributed by atoms with E-state index in [0.717, 1.165) is 17.7 Å². The first kappa shape index (κ1) is 17.3. The number of rotatable bonds is 5. The number of halogens is 1. The number of sulfonamides is 1. The van der Waals surface area contributed by atoms with Crippen LogP contribution < -0.4 is 4.72 Å². The molecule has 0 saturated carbocycles. The Kier molecular flexibility index (Phi) is 6.14. The molecule has 1 heterocycles. The van der Waals surface area contributed by atoms with Gasteiger partial charge in [-0.05, 0) is 58.6 Å². The van der Waals surface area contributed by atoms with Crippen LogP contribution in [-0.2, 0) is 16.6 Å². The summed E-state index contributed by atoms with van der Waals surface area (Å²) >= 11 is 5.17. The second kappa shape index (κ2) is 7.46. The average molecular weight is 394 g/mol. The minimum absolute atomic E-state index is 0.172. The van der Waals surface area contributed by atoms with Gasteiger partial charge in [-0.1, -0.05) is 12.5 Å².